The van der Waals surface area contributed by atoms with Gasteiger partial charge in [0.15, 0.2) is 0 Å². The highest BCUT2D eigenvalue weighted by atomic mass is 32.1. The van der Waals surface area contributed by atoms with Crippen LogP contribution in [0.1, 0.15) is 23.2 Å². The molecule has 0 aliphatic rings. The number of carbonyl (C=O) groups is 1. The Morgan fingerprint density at radius 3 is 2.70 bits per heavy atom. The zero-order chi connectivity index (χ0) is 14.5. The summed E-state index contributed by atoms with van der Waals surface area (Å²) in [5.41, 5.74) is 4.94. The van der Waals surface area contributed by atoms with E-state index in [0.717, 1.165) is 16.3 Å². The number of aromatic hydroxyl groups is 1. The van der Waals surface area contributed by atoms with Crippen molar-refractivity contribution in [1.29, 1.82) is 0 Å². The summed E-state index contributed by atoms with van der Waals surface area (Å²) >= 11 is 1.46. The second-order valence-corrected chi connectivity index (χ2v) is 5.28. The third-order valence-corrected chi connectivity index (χ3v) is 3.58. The van der Waals surface area contributed by atoms with Crippen molar-refractivity contribution >= 4 is 23.0 Å². The van der Waals surface area contributed by atoms with Gasteiger partial charge in [-0.2, -0.15) is 5.10 Å². The van der Waals surface area contributed by atoms with E-state index in [1.54, 1.807) is 31.2 Å². The molecule has 0 spiro atoms. The smallest absolute Gasteiger partial charge is 0.246 e. The van der Waals surface area contributed by atoms with Crippen LogP contribution in [-0.4, -0.2) is 21.7 Å². The number of thiazole rings is 1. The molecule has 0 aliphatic heterocycles. The average Bonchev–Trinajstić information content (AvgIpc) is 2.82. The van der Waals surface area contributed by atoms with Gasteiger partial charge in [0, 0.05) is 11.1 Å². The maximum Gasteiger partial charge on any atom is 0.246 e. The summed E-state index contributed by atoms with van der Waals surface area (Å²) in [5.74, 6) is 0.00204. The van der Waals surface area contributed by atoms with Crippen LogP contribution in [0.4, 0.5) is 0 Å². The van der Waals surface area contributed by atoms with Crippen LogP contribution >= 0.6 is 11.3 Å². The summed E-state index contributed by atoms with van der Waals surface area (Å²) in [7, 11) is 0. The van der Waals surface area contributed by atoms with Crippen molar-refractivity contribution < 1.29 is 9.90 Å². The Balaban J connectivity index is 1.94. The number of hydrogen-bond acceptors (Lipinski definition) is 5. The molecule has 2 aromatic rings. The number of phenols is 1. The van der Waals surface area contributed by atoms with E-state index in [1.165, 1.54) is 11.3 Å². The molecule has 0 fully saturated rings. The van der Waals surface area contributed by atoms with Crippen molar-refractivity contribution in [2.75, 3.05) is 0 Å². The van der Waals surface area contributed by atoms with Gasteiger partial charge in [-0.05, 0) is 43.7 Å². The Hall–Kier alpha value is -2.21. The van der Waals surface area contributed by atoms with Gasteiger partial charge in [-0.15, -0.1) is 11.3 Å². The average molecular weight is 289 g/mol. The third kappa shape index (κ3) is 3.89. The number of carbonyl (C=O) groups excluding carboxylic acids is 1. The molecule has 0 saturated heterocycles. The predicted octanol–water partition coefficient (Wildman–Crippen LogP) is 2.24. The SMILES string of the molecule is C/C(=N\NC(=O)Cc1nc(C)cs1)c1ccc(O)cc1. The summed E-state index contributed by atoms with van der Waals surface area (Å²) in [5, 5.41) is 15.9. The summed E-state index contributed by atoms with van der Waals surface area (Å²) < 4.78 is 0. The molecule has 1 aromatic heterocycles. The highest BCUT2D eigenvalue weighted by Crippen LogP contribution is 2.11. The molecule has 104 valence electrons. The second-order valence-electron chi connectivity index (χ2n) is 4.34. The van der Waals surface area contributed by atoms with E-state index in [4.69, 9.17) is 0 Å². The van der Waals surface area contributed by atoms with Gasteiger partial charge in [-0.1, -0.05) is 0 Å². The molecule has 0 bridgehead atoms. The minimum Gasteiger partial charge on any atom is -0.508 e. The first kappa shape index (κ1) is 14.2. The van der Waals surface area contributed by atoms with Crippen LogP contribution in [-0.2, 0) is 11.2 Å². The van der Waals surface area contributed by atoms with E-state index in [1.807, 2.05) is 12.3 Å². The van der Waals surface area contributed by atoms with Gasteiger partial charge in [0.25, 0.3) is 0 Å². The maximum atomic E-state index is 11.7. The number of hydrogen-bond donors (Lipinski definition) is 2. The predicted molar refractivity (Wildman–Crippen MR) is 79.0 cm³/mol. The molecule has 1 heterocycles. The van der Waals surface area contributed by atoms with Gasteiger partial charge in [0.05, 0.1) is 12.1 Å². The largest absolute Gasteiger partial charge is 0.508 e. The Morgan fingerprint density at radius 2 is 2.10 bits per heavy atom. The van der Waals surface area contributed by atoms with E-state index < -0.39 is 0 Å². The summed E-state index contributed by atoms with van der Waals surface area (Å²) in [6.07, 6.45) is 0.227. The highest BCUT2D eigenvalue weighted by molar-refractivity contribution is 7.09. The number of benzene rings is 1. The number of nitrogens with one attached hydrogen (secondary N) is 1. The molecule has 6 heteroatoms. The number of hydrazone groups is 1. The zero-order valence-corrected chi connectivity index (χ0v) is 12.1. The quantitative estimate of drug-likeness (QED) is 0.669. The standard InChI is InChI=1S/C14H15N3O2S/c1-9-8-20-14(15-9)7-13(19)17-16-10(2)11-3-5-12(18)6-4-11/h3-6,8,18H,7H2,1-2H3,(H,17,19)/b16-10+. The Bertz CT molecular complexity index is 632. The number of amides is 1. The molecule has 5 nitrogen and oxygen atoms in total. The Morgan fingerprint density at radius 1 is 1.40 bits per heavy atom. The minimum absolute atomic E-state index is 0.197. The molecule has 2 rings (SSSR count). The molecule has 0 aliphatic carbocycles. The molecule has 1 amide bonds. The zero-order valence-electron chi connectivity index (χ0n) is 11.3. The fourth-order valence-corrected chi connectivity index (χ4v) is 2.34. The van der Waals surface area contributed by atoms with Crippen LogP contribution < -0.4 is 5.43 Å². The van der Waals surface area contributed by atoms with Crippen molar-refractivity contribution in [2.45, 2.75) is 20.3 Å². The number of nitrogens with zero attached hydrogens (tertiary/aromatic N) is 2. The second kappa shape index (κ2) is 6.29. The number of aryl methyl sites for hydroxylation is 1. The summed E-state index contributed by atoms with van der Waals surface area (Å²) in [6, 6.07) is 6.64. The van der Waals surface area contributed by atoms with E-state index in [0.29, 0.717) is 5.71 Å². The fourth-order valence-electron chi connectivity index (χ4n) is 1.57. The van der Waals surface area contributed by atoms with Crippen LogP contribution in [0.15, 0.2) is 34.7 Å². The first-order valence-corrected chi connectivity index (χ1v) is 6.96. The fraction of sp³-hybridized carbons (Fsp3) is 0.214. The molecule has 1 aromatic carbocycles. The minimum atomic E-state index is -0.197. The van der Waals surface area contributed by atoms with Crippen LogP contribution in [0.3, 0.4) is 0 Å². The Labute approximate surface area is 121 Å². The van der Waals surface area contributed by atoms with E-state index >= 15 is 0 Å². The van der Waals surface area contributed by atoms with Crippen molar-refractivity contribution in [3.8, 4) is 5.75 Å². The van der Waals surface area contributed by atoms with Crippen LogP contribution in [0.25, 0.3) is 0 Å². The van der Waals surface area contributed by atoms with E-state index in [9.17, 15) is 9.90 Å². The van der Waals surface area contributed by atoms with Crippen molar-refractivity contribution in [3.05, 3.63) is 45.9 Å². The van der Waals surface area contributed by atoms with Gasteiger partial charge in [0.2, 0.25) is 5.91 Å². The first-order chi connectivity index (χ1) is 9.54. The van der Waals surface area contributed by atoms with Crippen molar-refractivity contribution in [1.82, 2.24) is 10.4 Å². The van der Waals surface area contributed by atoms with Crippen molar-refractivity contribution in [2.24, 2.45) is 5.10 Å². The lowest BCUT2D eigenvalue weighted by atomic mass is 10.1. The number of aromatic nitrogens is 1. The monoisotopic (exact) mass is 289 g/mol. The van der Waals surface area contributed by atoms with Gasteiger partial charge < -0.3 is 5.11 Å². The van der Waals surface area contributed by atoms with Gasteiger partial charge in [0.1, 0.15) is 10.8 Å². The molecule has 20 heavy (non-hydrogen) atoms. The lowest BCUT2D eigenvalue weighted by molar-refractivity contribution is -0.120. The van der Waals surface area contributed by atoms with Crippen LogP contribution in [0, 0.1) is 6.92 Å². The van der Waals surface area contributed by atoms with Crippen LogP contribution in [0.2, 0.25) is 0 Å². The first-order valence-electron chi connectivity index (χ1n) is 6.08. The van der Waals surface area contributed by atoms with E-state index in [-0.39, 0.29) is 18.1 Å². The molecule has 0 saturated carbocycles. The molecule has 2 N–H and O–H groups in total. The third-order valence-electron chi connectivity index (χ3n) is 2.61. The molecule has 0 atom stereocenters. The van der Waals surface area contributed by atoms with Crippen molar-refractivity contribution in [3.63, 3.8) is 0 Å². The molecule has 0 unspecified atom stereocenters. The highest BCUT2D eigenvalue weighted by Gasteiger charge is 2.06. The topological polar surface area (TPSA) is 74.6 Å². The van der Waals surface area contributed by atoms with E-state index in [2.05, 4.69) is 15.5 Å². The maximum absolute atomic E-state index is 11.7. The summed E-state index contributed by atoms with van der Waals surface area (Å²) in [4.78, 5) is 15.9. The Kier molecular flexibility index (Phi) is 4.47. The lowest BCUT2D eigenvalue weighted by Gasteiger charge is -2.02. The van der Waals surface area contributed by atoms with Crippen LogP contribution in [0.5, 0.6) is 5.75 Å². The lowest BCUT2D eigenvalue weighted by Crippen LogP contribution is -2.21. The molecular weight excluding hydrogens is 274 g/mol. The number of phenolic OH excluding ortho intramolecular Hbond substituents is 1. The molecule has 0 radical (unpaired) electrons. The number of rotatable bonds is 4. The van der Waals surface area contributed by atoms with Gasteiger partial charge >= 0.3 is 0 Å². The van der Waals surface area contributed by atoms with Gasteiger partial charge in [-0.25, -0.2) is 10.4 Å². The molecular formula is C14H15N3O2S. The van der Waals surface area contributed by atoms with Gasteiger partial charge in [-0.3, -0.25) is 4.79 Å². The summed E-state index contributed by atoms with van der Waals surface area (Å²) in [6.45, 7) is 3.69. The normalized spacial score (nSPS) is 11.4.